The van der Waals surface area contributed by atoms with Gasteiger partial charge in [0.25, 0.3) is 0 Å². The summed E-state index contributed by atoms with van der Waals surface area (Å²) in [5, 5.41) is 30.0. The molecule has 2 aliphatic heterocycles. The van der Waals surface area contributed by atoms with Gasteiger partial charge in [-0.2, -0.15) is 44.6 Å². The van der Waals surface area contributed by atoms with E-state index in [0.717, 1.165) is 36.8 Å². The van der Waals surface area contributed by atoms with Crippen LogP contribution in [0.15, 0.2) is 30.3 Å². The maximum atomic E-state index is 10.6. The Balaban J connectivity index is 0.000000379. The van der Waals surface area contributed by atoms with E-state index >= 15 is 0 Å². The van der Waals surface area contributed by atoms with Crippen LogP contribution in [0.3, 0.4) is 0 Å². The third kappa shape index (κ3) is 12.6. The van der Waals surface area contributed by atoms with Crippen molar-refractivity contribution < 1.29 is 69.2 Å². The van der Waals surface area contributed by atoms with Crippen molar-refractivity contribution in [3.8, 4) is 0 Å². The molecular formula is C24H26F9N5O6. The highest BCUT2D eigenvalue weighted by Crippen LogP contribution is 2.34. The van der Waals surface area contributed by atoms with E-state index in [9.17, 15) is 39.5 Å². The van der Waals surface area contributed by atoms with Gasteiger partial charge in [-0.1, -0.05) is 6.07 Å². The number of aliphatic carboxylic acids is 3. The number of anilines is 1. The molecule has 0 aromatic carbocycles. The van der Waals surface area contributed by atoms with Crippen LogP contribution in [0.4, 0.5) is 45.3 Å². The van der Waals surface area contributed by atoms with Crippen LogP contribution in [0.5, 0.6) is 0 Å². The van der Waals surface area contributed by atoms with Gasteiger partial charge in [-0.05, 0) is 51.0 Å². The number of pyridine rings is 1. The molecule has 0 spiro atoms. The number of nitrogens with zero attached hydrogens (tertiary/aromatic N) is 5. The number of likely N-dealkylation sites (tertiary alicyclic amines) is 1. The second kappa shape index (κ2) is 15.5. The Morgan fingerprint density at radius 2 is 1.20 bits per heavy atom. The molecule has 2 aromatic rings. The summed E-state index contributed by atoms with van der Waals surface area (Å²) in [7, 11) is 0. The van der Waals surface area contributed by atoms with Gasteiger partial charge < -0.3 is 20.2 Å². The number of carboxylic acids is 3. The Labute approximate surface area is 242 Å². The van der Waals surface area contributed by atoms with Crippen LogP contribution in [-0.4, -0.2) is 97.0 Å². The standard InChI is InChI=1S/C18H23N5.3C2HF3O2/c1-13-4-3-5-15(19-13)12-22-10-8-17-16(22)9-11-23(17)18-7-6-14(2)20-21-18;3*3-2(4,5)1(6)7/h3-7,16-17H,8-12H2,1-2H3;3*(H,6,7)/t16-,17+;;;/m1.../s1. The van der Waals surface area contributed by atoms with Gasteiger partial charge in [-0.15, -0.1) is 5.10 Å². The summed E-state index contributed by atoms with van der Waals surface area (Å²) >= 11 is 0. The molecule has 0 amide bonds. The fourth-order valence-electron chi connectivity index (χ4n) is 4.00. The molecule has 2 aromatic heterocycles. The number of alkyl halides is 9. The molecule has 0 unspecified atom stereocenters. The SMILES string of the molecule is Cc1ccc(N2CC[C@@H]3[C@@H]2CCN3Cc2cccc(C)n2)nn1.O=C(O)C(F)(F)F.O=C(O)C(F)(F)F.O=C(O)C(F)(F)F. The van der Waals surface area contributed by atoms with Gasteiger partial charge in [0, 0.05) is 37.4 Å². The highest BCUT2D eigenvalue weighted by Gasteiger charge is 2.43. The first-order chi connectivity index (χ1) is 20.0. The number of rotatable bonds is 3. The predicted molar refractivity (Wildman–Crippen MR) is 131 cm³/mol. The molecule has 4 rings (SSSR count). The number of carbonyl (C=O) groups is 3. The van der Waals surface area contributed by atoms with Gasteiger partial charge in [0.15, 0.2) is 5.82 Å². The summed E-state index contributed by atoms with van der Waals surface area (Å²) in [6.45, 7) is 7.21. The molecule has 4 heterocycles. The van der Waals surface area contributed by atoms with Crippen molar-refractivity contribution in [3.63, 3.8) is 0 Å². The lowest BCUT2D eigenvalue weighted by Crippen LogP contribution is -2.36. The number of halogens is 9. The van der Waals surface area contributed by atoms with E-state index in [-0.39, 0.29) is 0 Å². The minimum Gasteiger partial charge on any atom is -0.475 e. The topological polar surface area (TPSA) is 157 Å². The molecule has 0 radical (unpaired) electrons. The first-order valence-electron chi connectivity index (χ1n) is 12.2. The second-order valence-corrected chi connectivity index (χ2v) is 9.09. The van der Waals surface area contributed by atoms with E-state index in [1.807, 2.05) is 6.92 Å². The lowest BCUT2D eigenvalue weighted by atomic mass is 10.1. The highest BCUT2D eigenvalue weighted by molar-refractivity contribution is 5.73. The monoisotopic (exact) mass is 651 g/mol. The van der Waals surface area contributed by atoms with Crippen molar-refractivity contribution in [2.24, 2.45) is 0 Å². The largest absolute Gasteiger partial charge is 0.490 e. The molecular weight excluding hydrogens is 625 g/mol. The van der Waals surface area contributed by atoms with Crippen molar-refractivity contribution in [3.05, 3.63) is 47.4 Å². The zero-order chi connectivity index (χ0) is 34.0. The maximum Gasteiger partial charge on any atom is 0.490 e. The molecule has 2 aliphatic rings. The molecule has 3 N–H and O–H groups in total. The fraction of sp³-hybridized carbons (Fsp3) is 0.500. The summed E-state index contributed by atoms with van der Waals surface area (Å²) in [4.78, 5) is 36.4. The second-order valence-electron chi connectivity index (χ2n) is 9.09. The van der Waals surface area contributed by atoms with Crippen LogP contribution in [0.1, 0.15) is 29.9 Å². The highest BCUT2D eigenvalue weighted by atomic mass is 19.4. The van der Waals surface area contributed by atoms with Gasteiger partial charge in [0.1, 0.15) is 0 Å². The smallest absolute Gasteiger partial charge is 0.475 e. The maximum absolute atomic E-state index is 10.6. The number of aromatic nitrogens is 3. The number of aryl methyl sites for hydroxylation is 2. The summed E-state index contributed by atoms with van der Waals surface area (Å²) in [6, 6.07) is 11.6. The number of hydrogen-bond donors (Lipinski definition) is 3. The van der Waals surface area contributed by atoms with Crippen LogP contribution in [0, 0.1) is 13.8 Å². The van der Waals surface area contributed by atoms with E-state index in [1.165, 1.54) is 18.5 Å². The number of carboxylic acid groups (broad SMARTS) is 3. The zero-order valence-corrected chi connectivity index (χ0v) is 22.8. The Morgan fingerprint density at radius 1 is 0.727 bits per heavy atom. The van der Waals surface area contributed by atoms with Crippen molar-refractivity contribution in [2.75, 3.05) is 18.0 Å². The van der Waals surface area contributed by atoms with Gasteiger partial charge in [-0.25, -0.2) is 14.4 Å². The summed E-state index contributed by atoms with van der Waals surface area (Å²) < 4.78 is 95.2. The molecule has 20 heteroatoms. The molecule has 0 saturated carbocycles. The van der Waals surface area contributed by atoms with Crippen molar-refractivity contribution in [2.45, 2.75) is 63.8 Å². The molecule has 0 bridgehead atoms. The lowest BCUT2D eigenvalue weighted by Gasteiger charge is -2.26. The summed E-state index contributed by atoms with van der Waals surface area (Å²) in [6.07, 6.45) is -12.8. The fourth-order valence-corrected chi connectivity index (χ4v) is 4.00. The zero-order valence-electron chi connectivity index (χ0n) is 22.8. The van der Waals surface area contributed by atoms with Gasteiger partial charge in [0.2, 0.25) is 0 Å². The third-order valence-electron chi connectivity index (χ3n) is 5.81. The van der Waals surface area contributed by atoms with Crippen LogP contribution >= 0.6 is 0 Å². The lowest BCUT2D eigenvalue weighted by molar-refractivity contribution is -0.193. The summed E-state index contributed by atoms with van der Waals surface area (Å²) in [5.41, 5.74) is 3.25. The van der Waals surface area contributed by atoms with Crippen molar-refractivity contribution in [1.29, 1.82) is 0 Å². The van der Waals surface area contributed by atoms with E-state index in [4.69, 9.17) is 29.7 Å². The Bertz CT molecular complexity index is 1200. The van der Waals surface area contributed by atoms with Crippen molar-refractivity contribution in [1.82, 2.24) is 20.1 Å². The molecule has 2 saturated heterocycles. The minimum atomic E-state index is -5.08. The van der Waals surface area contributed by atoms with E-state index in [0.29, 0.717) is 12.1 Å². The van der Waals surface area contributed by atoms with Crippen molar-refractivity contribution >= 4 is 23.7 Å². The molecule has 246 valence electrons. The molecule has 44 heavy (non-hydrogen) atoms. The van der Waals surface area contributed by atoms with E-state index < -0.39 is 36.4 Å². The minimum absolute atomic E-state index is 0.566. The number of fused-ring (bicyclic) bond motifs is 1. The first kappa shape index (κ1) is 37.8. The predicted octanol–water partition coefficient (Wildman–Crippen LogP) is 4.24. The Kier molecular flexibility index (Phi) is 13.3. The first-order valence-corrected chi connectivity index (χ1v) is 12.2. The molecule has 2 fully saturated rings. The van der Waals surface area contributed by atoms with Gasteiger partial charge in [0.05, 0.1) is 11.4 Å². The average molecular weight is 651 g/mol. The number of hydrogen-bond acceptors (Lipinski definition) is 8. The Morgan fingerprint density at radius 3 is 1.61 bits per heavy atom. The van der Waals surface area contributed by atoms with Crippen LogP contribution in [-0.2, 0) is 20.9 Å². The van der Waals surface area contributed by atoms with Gasteiger partial charge in [-0.3, -0.25) is 9.88 Å². The van der Waals surface area contributed by atoms with E-state index in [1.54, 1.807) is 0 Å². The van der Waals surface area contributed by atoms with Gasteiger partial charge >= 0.3 is 36.4 Å². The Hall–Kier alpha value is -4.23. The van der Waals surface area contributed by atoms with Crippen LogP contribution in [0.25, 0.3) is 0 Å². The van der Waals surface area contributed by atoms with Crippen LogP contribution < -0.4 is 4.90 Å². The third-order valence-corrected chi connectivity index (χ3v) is 5.81. The normalized spacial score (nSPS) is 18.0. The molecule has 2 atom stereocenters. The average Bonchev–Trinajstić information content (AvgIpc) is 3.47. The molecule has 11 nitrogen and oxygen atoms in total. The van der Waals surface area contributed by atoms with Crippen LogP contribution in [0.2, 0.25) is 0 Å². The quantitative estimate of drug-likeness (QED) is 0.408. The van der Waals surface area contributed by atoms with E-state index in [2.05, 4.69) is 62.2 Å². The molecule has 0 aliphatic carbocycles. The summed E-state index contributed by atoms with van der Waals surface area (Å²) in [5.74, 6) is -7.24.